The van der Waals surface area contributed by atoms with Gasteiger partial charge < -0.3 is 0 Å². The van der Waals surface area contributed by atoms with E-state index in [1.165, 1.54) is 17.7 Å². The third-order valence-electron chi connectivity index (χ3n) is 4.22. The van der Waals surface area contributed by atoms with Gasteiger partial charge in [-0.25, -0.2) is 4.98 Å². The molecule has 2 N–H and O–H groups in total. The molecule has 0 atom stereocenters. The number of aromatic nitrogens is 5. The first-order valence-corrected chi connectivity index (χ1v) is 6.98. The van der Waals surface area contributed by atoms with E-state index in [1.807, 2.05) is 6.20 Å². The van der Waals surface area contributed by atoms with Crippen molar-refractivity contribution >= 4 is 11.0 Å². The van der Waals surface area contributed by atoms with Gasteiger partial charge in [0.2, 0.25) is 0 Å². The van der Waals surface area contributed by atoms with Crippen LogP contribution in [0.15, 0.2) is 18.5 Å². The van der Waals surface area contributed by atoms with E-state index in [1.54, 1.807) is 6.20 Å². The molecular weight excluding hydrogens is 250 g/mol. The molecule has 3 heterocycles. The van der Waals surface area contributed by atoms with E-state index >= 15 is 0 Å². The van der Waals surface area contributed by atoms with E-state index in [0.717, 1.165) is 35.1 Å². The SMILES string of the molecule is CC1(C)CCc2c(-c3cnc4[nH]ncc4c3)n[nH]c2C1. The van der Waals surface area contributed by atoms with Gasteiger partial charge in [0, 0.05) is 28.4 Å². The van der Waals surface area contributed by atoms with Crippen LogP contribution in [-0.2, 0) is 12.8 Å². The van der Waals surface area contributed by atoms with Crippen LogP contribution >= 0.6 is 0 Å². The number of fused-ring (bicyclic) bond motifs is 2. The lowest BCUT2D eigenvalue weighted by Gasteiger charge is -2.29. The average molecular weight is 267 g/mol. The number of pyridine rings is 1. The van der Waals surface area contributed by atoms with Crippen molar-refractivity contribution in [2.24, 2.45) is 5.41 Å². The minimum absolute atomic E-state index is 0.365. The lowest BCUT2D eigenvalue weighted by Crippen LogP contribution is -2.21. The fourth-order valence-corrected chi connectivity index (χ4v) is 3.05. The standard InChI is InChI=1S/C15H17N5/c1-15(2)4-3-11-12(6-15)18-19-13(11)9-5-10-8-17-20-14(10)16-7-9/h5,7-8H,3-4,6H2,1-2H3,(H,18,19)(H,16,17,20). The van der Waals surface area contributed by atoms with E-state index in [4.69, 9.17) is 0 Å². The summed E-state index contributed by atoms with van der Waals surface area (Å²) in [7, 11) is 0. The molecular formula is C15H17N5. The van der Waals surface area contributed by atoms with E-state index in [0.29, 0.717) is 5.41 Å². The van der Waals surface area contributed by atoms with Gasteiger partial charge in [0.15, 0.2) is 5.65 Å². The highest BCUT2D eigenvalue weighted by Crippen LogP contribution is 2.37. The summed E-state index contributed by atoms with van der Waals surface area (Å²) in [6, 6.07) is 2.10. The number of H-pyrrole nitrogens is 2. The Kier molecular flexibility index (Phi) is 2.28. The van der Waals surface area contributed by atoms with Crippen LogP contribution in [0, 0.1) is 5.41 Å². The quantitative estimate of drug-likeness (QED) is 0.712. The van der Waals surface area contributed by atoms with Gasteiger partial charge in [-0.05, 0) is 30.7 Å². The molecule has 0 unspecified atom stereocenters. The lowest BCUT2D eigenvalue weighted by molar-refractivity contribution is 0.312. The maximum absolute atomic E-state index is 4.53. The van der Waals surface area contributed by atoms with Gasteiger partial charge in [0.1, 0.15) is 0 Å². The summed E-state index contributed by atoms with van der Waals surface area (Å²) in [5, 5.41) is 15.7. The summed E-state index contributed by atoms with van der Waals surface area (Å²) in [4.78, 5) is 4.40. The van der Waals surface area contributed by atoms with E-state index in [2.05, 4.69) is 45.3 Å². The zero-order chi connectivity index (χ0) is 13.7. The predicted molar refractivity (Wildman–Crippen MR) is 77.3 cm³/mol. The van der Waals surface area contributed by atoms with Gasteiger partial charge in [0.05, 0.1) is 11.9 Å². The zero-order valence-electron chi connectivity index (χ0n) is 11.7. The molecule has 102 valence electrons. The third-order valence-corrected chi connectivity index (χ3v) is 4.22. The van der Waals surface area contributed by atoms with Crippen molar-refractivity contribution < 1.29 is 0 Å². The number of nitrogens with zero attached hydrogens (tertiary/aromatic N) is 3. The minimum atomic E-state index is 0.365. The maximum atomic E-state index is 4.53. The molecule has 0 saturated carbocycles. The predicted octanol–water partition coefficient (Wildman–Crippen LogP) is 2.86. The lowest BCUT2D eigenvalue weighted by atomic mass is 9.76. The minimum Gasteiger partial charge on any atom is -0.282 e. The van der Waals surface area contributed by atoms with Crippen molar-refractivity contribution in [3.05, 3.63) is 29.7 Å². The molecule has 1 aliphatic rings. The fraction of sp³-hybridized carbons (Fsp3) is 0.400. The topological polar surface area (TPSA) is 70.2 Å². The molecule has 0 fully saturated rings. The van der Waals surface area contributed by atoms with Crippen molar-refractivity contribution in [2.45, 2.75) is 33.1 Å². The van der Waals surface area contributed by atoms with Gasteiger partial charge in [-0.15, -0.1) is 0 Å². The van der Waals surface area contributed by atoms with E-state index < -0.39 is 0 Å². The first-order chi connectivity index (χ1) is 9.62. The van der Waals surface area contributed by atoms with Crippen molar-refractivity contribution in [2.75, 3.05) is 0 Å². The third kappa shape index (κ3) is 1.73. The van der Waals surface area contributed by atoms with Crippen LogP contribution in [-0.4, -0.2) is 25.4 Å². The Bertz CT molecular complexity index is 781. The Hall–Kier alpha value is -2.17. The molecule has 0 aliphatic heterocycles. The van der Waals surface area contributed by atoms with E-state index in [-0.39, 0.29) is 0 Å². The van der Waals surface area contributed by atoms with Gasteiger partial charge in [-0.3, -0.25) is 10.2 Å². The molecule has 20 heavy (non-hydrogen) atoms. The largest absolute Gasteiger partial charge is 0.282 e. The molecule has 0 bridgehead atoms. The molecule has 0 saturated heterocycles. The van der Waals surface area contributed by atoms with E-state index in [9.17, 15) is 0 Å². The molecule has 5 nitrogen and oxygen atoms in total. The Morgan fingerprint density at radius 3 is 3.00 bits per heavy atom. The molecule has 1 aliphatic carbocycles. The Balaban J connectivity index is 1.81. The van der Waals surface area contributed by atoms with Crippen LogP contribution in [0.25, 0.3) is 22.3 Å². The van der Waals surface area contributed by atoms with Crippen molar-refractivity contribution in [1.82, 2.24) is 25.4 Å². The van der Waals surface area contributed by atoms with Crippen molar-refractivity contribution in [1.29, 1.82) is 0 Å². The maximum Gasteiger partial charge on any atom is 0.155 e. The second-order valence-corrected chi connectivity index (χ2v) is 6.40. The van der Waals surface area contributed by atoms with Gasteiger partial charge in [0.25, 0.3) is 0 Å². The number of nitrogens with one attached hydrogen (secondary N) is 2. The first-order valence-electron chi connectivity index (χ1n) is 6.98. The number of hydrogen-bond acceptors (Lipinski definition) is 3. The highest BCUT2D eigenvalue weighted by atomic mass is 15.1. The second-order valence-electron chi connectivity index (χ2n) is 6.40. The summed E-state index contributed by atoms with van der Waals surface area (Å²) < 4.78 is 0. The molecule has 0 aromatic carbocycles. The van der Waals surface area contributed by atoms with Gasteiger partial charge >= 0.3 is 0 Å². The summed E-state index contributed by atoms with van der Waals surface area (Å²) in [6.45, 7) is 4.63. The second kappa shape index (κ2) is 3.91. The molecule has 3 aromatic rings. The number of hydrogen-bond donors (Lipinski definition) is 2. The Labute approximate surface area is 116 Å². The normalized spacial score (nSPS) is 17.3. The van der Waals surface area contributed by atoms with Crippen LogP contribution in [0.3, 0.4) is 0 Å². The number of aromatic amines is 2. The monoisotopic (exact) mass is 267 g/mol. The first kappa shape index (κ1) is 11.6. The zero-order valence-corrected chi connectivity index (χ0v) is 11.7. The highest BCUT2D eigenvalue weighted by molar-refractivity contribution is 5.80. The fourth-order valence-electron chi connectivity index (χ4n) is 3.05. The van der Waals surface area contributed by atoms with Crippen molar-refractivity contribution in [3.63, 3.8) is 0 Å². The molecule has 0 radical (unpaired) electrons. The molecule has 5 heteroatoms. The molecule has 0 amide bonds. The van der Waals surface area contributed by atoms with Crippen molar-refractivity contribution in [3.8, 4) is 11.3 Å². The van der Waals surface area contributed by atoms with Gasteiger partial charge in [-0.2, -0.15) is 10.2 Å². The summed E-state index contributed by atoms with van der Waals surface area (Å²) in [6.07, 6.45) is 7.02. The Morgan fingerprint density at radius 1 is 1.20 bits per heavy atom. The molecule has 3 aromatic heterocycles. The molecule has 0 spiro atoms. The summed E-state index contributed by atoms with van der Waals surface area (Å²) >= 11 is 0. The van der Waals surface area contributed by atoms with Gasteiger partial charge in [-0.1, -0.05) is 13.8 Å². The summed E-state index contributed by atoms with van der Waals surface area (Å²) in [5.74, 6) is 0. The van der Waals surface area contributed by atoms with Crippen LogP contribution in [0.2, 0.25) is 0 Å². The van der Waals surface area contributed by atoms with Crippen LogP contribution < -0.4 is 0 Å². The Morgan fingerprint density at radius 2 is 2.10 bits per heavy atom. The average Bonchev–Trinajstić information content (AvgIpc) is 3.01. The van der Waals surface area contributed by atoms with Crippen LogP contribution in [0.5, 0.6) is 0 Å². The smallest absolute Gasteiger partial charge is 0.155 e. The molecule has 4 rings (SSSR count). The van der Waals surface area contributed by atoms with Crippen LogP contribution in [0.1, 0.15) is 31.5 Å². The summed E-state index contributed by atoms with van der Waals surface area (Å²) in [5.41, 5.74) is 5.93. The highest BCUT2D eigenvalue weighted by Gasteiger charge is 2.29. The van der Waals surface area contributed by atoms with Crippen LogP contribution in [0.4, 0.5) is 0 Å². The number of rotatable bonds is 1.